The van der Waals surface area contributed by atoms with Crippen molar-refractivity contribution in [3.8, 4) is 0 Å². The molecule has 2 bridgehead atoms. The van der Waals surface area contributed by atoms with Crippen molar-refractivity contribution in [3.05, 3.63) is 29.3 Å². The molecule has 1 aromatic carbocycles. The summed E-state index contributed by atoms with van der Waals surface area (Å²) in [4.78, 5) is 2.64. The average molecular weight is 244 g/mol. The first-order valence-electron chi connectivity index (χ1n) is 7.25. The van der Waals surface area contributed by atoms with E-state index in [2.05, 4.69) is 36.9 Å². The molecule has 2 aliphatic rings. The van der Waals surface area contributed by atoms with Gasteiger partial charge in [0.2, 0.25) is 0 Å². The lowest BCUT2D eigenvalue weighted by atomic mass is 10.0. The molecule has 3 atom stereocenters. The van der Waals surface area contributed by atoms with Crippen LogP contribution < -0.4 is 10.6 Å². The number of rotatable bonds is 3. The molecule has 1 aromatic rings. The summed E-state index contributed by atoms with van der Waals surface area (Å²) in [6.07, 6.45) is 5.22. The molecule has 3 rings (SSSR count). The van der Waals surface area contributed by atoms with E-state index in [1.807, 2.05) is 0 Å². The van der Waals surface area contributed by atoms with Crippen LogP contribution in [-0.4, -0.2) is 18.6 Å². The zero-order valence-corrected chi connectivity index (χ0v) is 11.5. The van der Waals surface area contributed by atoms with E-state index in [4.69, 9.17) is 5.73 Å². The Hall–Kier alpha value is -1.02. The highest BCUT2D eigenvalue weighted by Gasteiger charge is 2.38. The Labute approximate surface area is 110 Å². The van der Waals surface area contributed by atoms with Crippen LogP contribution in [0.2, 0.25) is 0 Å². The second-order valence-electron chi connectivity index (χ2n) is 6.30. The van der Waals surface area contributed by atoms with Crippen molar-refractivity contribution < 1.29 is 0 Å². The molecule has 0 radical (unpaired) electrons. The van der Waals surface area contributed by atoms with E-state index in [0.29, 0.717) is 0 Å². The number of nitrogens with two attached hydrogens (primary N) is 1. The van der Waals surface area contributed by atoms with Crippen LogP contribution in [0.25, 0.3) is 0 Å². The molecule has 2 N–H and O–H groups in total. The third-order valence-electron chi connectivity index (χ3n) is 4.50. The van der Waals surface area contributed by atoms with E-state index < -0.39 is 0 Å². The van der Waals surface area contributed by atoms with E-state index in [1.165, 1.54) is 42.6 Å². The zero-order chi connectivity index (χ0) is 12.7. The third-order valence-corrected chi connectivity index (χ3v) is 4.50. The predicted molar refractivity (Wildman–Crippen MR) is 77.0 cm³/mol. The second kappa shape index (κ2) is 4.58. The molecule has 0 amide bonds. The zero-order valence-electron chi connectivity index (χ0n) is 11.5. The highest BCUT2D eigenvalue weighted by atomic mass is 15.2. The van der Waals surface area contributed by atoms with E-state index in [0.717, 1.165) is 18.4 Å². The van der Waals surface area contributed by atoms with Crippen LogP contribution in [0.1, 0.15) is 37.3 Å². The molecule has 2 heteroatoms. The van der Waals surface area contributed by atoms with Gasteiger partial charge >= 0.3 is 0 Å². The van der Waals surface area contributed by atoms with Gasteiger partial charge in [-0.1, -0.05) is 17.7 Å². The molecule has 0 aromatic heterocycles. The maximum Gasteiger partial charge on any atom is 0.0402 e. The lowest BCUT2D eigenvalue weighted by Crippen LogP contribution is -2.33. The van der Waals surface area contributed by atoms with Crippen LogP contribution in [0.15, 0.2) is 18.2 Å². The molecule has 2 nitrogen and oxygen atoms in total. The highest BCUT2D eigenvalue weighted by molar-refractivity contribution is 5.57. The SMILES string of the molecule is Cc1ccc(N2CC3CCC2C3)c(CC(C)N)c1. The summed E-state index contributed by atoms with van der Waals surface area (Å²) >= 11 is 0. The van der Waals surface area contributed by atoms with Gasteiger partial charge in [0.05, 0.1) is 0 Å². The van der Waals surface area contributed by atoms with Crippen molar-refractivity contribution in [2.75, 3.05) is 11.4 Å². The van der Waals surface area contributed by atoms with Gasteiger partial charge in [-0.3, -0.25) is 0 Å². The van der Waals surface area contributed by atoms with Crippen molar-refractivity contribution in [1.82, 2.24) is 0 Å². The summed E-state index contributed by atoms with van der Waals surface area (Å²) in [6, 6.07) is 7.92. The van der Waals surface area contributed by atoms with E-state index in [-0.39, 0.29) is 6.04 Å². The Balaban J connectivity index is 1.91. The Morgan fingerprint density at radius 3 is 2.83 bits per heavy atom. The van der Waals surface area contributed by atoms with Gasteiger partial charge in [0.25, 0.3) is 0 Å². The van der Waals surface area contributed by atoms with Gasteiger partial charge in [0, 0.05) is 24.3 Å². The summed E-state index contributed by atoms with van der Waals surface area (Å²) in [5.41, 5.74) is 10.2. The van der Waals surface area contributed by atoms with Crippen LogP contribution in [0.3, 0.4) is 0 Å². The molecule has 1 aliphatic carbocycles. The standard InChI is InChI=1S/C16H24N2/c1-11-3-6-16(14(7-11)8-12(2)17)18-10-13-4-5-15(18)9-13/h3,6-7,12-13,15H,4-5,8-10,17H2,1-2H3. The fraction of sp³-hybridized carbons (Fsp3) is 0.625. The van der Waals surface area contributed by atoms with E-state index >= 15 is 0 Å². The van der Waals surface area contributed by atoms with Gasteiger partial charge in [0.1, 0.15) is 0 Å². The highest BCUT2D eigenvalue weighted by Crippen LogP contribution is 2.41. The third kappa shape index (κ3) is 2.14. The van der Waals surface area contributed by atoms with E-state index in [1.54, 1.807) is 0 Å². The molecule has 0 spiro atoms. The van der Waals surface area contributed by atoms with Gasteiger partial charge in [-0.25, -0.2) is 0 Å². The number of nitrogens with zero attached hydrogens (tertiary/aromatic N) is 1. The van der Waals surface area contributed by atoms with Crippen LogP contribution in [-0.2, 0) is 6.42 Å². The first-order chi connectivity index (χ1) is 8.63. The molecule has 2 fully saturated rings. The normalized spacial score (nSPS) is 27.8. The van der Waals surface area contributed by atoms with E-state index in [9.17, 15) is 0 Å². The molecule has 3 unspecified atom stereocenters. The molecular formula is C16H24N2. The van der Waals surface area contributed by atoms with Crippen molar-refractivity contribution >= 4 is 5.69 Å². The molecule has 98 valence electrons. The number of hydrogen-bond acceptors (Lipinski definition) is 2. The fourth-order valence-electron chi connectivity index (χ4n) is 3.72. The first-order valence-corrected chi connectivity index (χ1v) is 7.25. The Bertz CT molecular complexity index is 439. The van der Waals surface area contributed by atoms with Gasteiger partial charge in [-0.05, 0) is 57.1 Å². The molecule has 1 heterocycles. The molecular weight excluding hydrogens is 220 g/mol. The second-order valence-corrected chi connectivity index (χ2v) is 6.30. The smallest absolute Gasteiger partial charge is 0.0402 e. The molecule has 1 aliphatic heterocycles. The summed E-state index contributed by atoms with van der Waals surface area (Å²) in [6.45, 7) is 5.53. The Kier molecular flexibility index (Phi) is 3.06. The van der Waals surface area contributed by atoms with Crippen LogP contribution in [0.5, 0.6) is 0 Å². The predicted octanol–water partition coefficient (Wildman–Crippen LogP) is 2.87. The van der Waals surface area contributed by atoms with Gasteiger partial charge < -0.3 is 10.6 Å². The molecule has 1 saturated heterocycles. The number of anilines is 1. The molecule has 18 heavy (non-hydrogen) atoms. The number of hydrogen-bond donors (Lipinski definition) is 1. The number of fused-ring (bicyclic) bond motifs is 2. The quantitative estimate of drug-likeness (QED) is 0.886. The van der Waals surface area contributed by atoms with Crippen LogP contribution >= 0.6 is 0 Å². The maximum atomic E-state index is 6.00. The summed E-state index contributed by atoms with van der Waals surface area (Å²) in [5.74, 6) is 0.944. The largest absolute Gasteiger partial charge is 0.368 e. The Morgan fingerprint density at radius 1 is 1.39 bits per heavy atom. The van der Waals surface area contributed by atoms with Crippen LogP contribution in [0, 0.1) is 12.8 Å². The molecule has 1 saturated carbocycles. The minimum absolute atomic E-state index is 0.241. The lowest BCUT2D eigenvalue weighted by molar-refractivity contribution is 0.552. The van der Waals surface area contributed by atoms with Gasteiger partial charge in [0.15, 0.2) is 0 Å². The van der Waals surface area contributed by atoms with Crippen molar-refractivity contribution in [1.29, 1.82) is 0 Å². The lowest BCUT2D eigenvalue weighted by Gasteiger charge is -2.31. The first kappa shape index (κ1) is 12.0. The fourth-order valence-corrected chi connectivity index (χ4v) is 3.72. The van der Waals surface area contributed by atoms with Gasteiger partial charge in [-0.15, -0.1) is 0 Å². The summed E-state index contributed by atoms with van der Waals surface area (Å²) < 4.78 is 0. The van der Waals surface area contributed by atoms with Crippen molar-refractivity contribution in [2.24, 2.45) is 11.7 Å². The number of piperidine rings is 1. The minimum Gasteiger partial charge on any atom is -0.368 e. The Morgan fingerprint density at radius 2 is 2.22 bits per heavy atom. The average Bonchev–Trinajstić information content (AvgIpc) is 2.90. The number of benzene rings is 1. The van der Waals surface area contributed by atoms with Gasteiger partial charge in [-0.2, -0.15) is 0 Å². The topological polar surface area (TPSA) is 29.3 Å². The van der Waals surface area contributed by atoms with Crippen molar-refractivity contribution in [2.45, 2.75) is 51.6 Å². The van der Waals surface area contributed by atoms with Crippen LogP contribution in [0.4, 0.5) is 5.69 Å². The number of aryl methyl sites for hydroxylation is 1. The minimum atomic E-state index is 0.241. The summed E-state index contributed by atoms with van der Waals surface area (Å²) in [7, 11) is 0. The monoisotopic (exact) mass is 244 g/mol. The van der Waals surface area contributed by atoms with Crippen molar-refractivity contribution in [3.63, 3.8) is 0 Å². The maximum absolute atomic E-state index is 6.00. The summed E-state index contributed by atoms with van der Waals surface area (Å²) in [5, 5.41) is 0.